The smallest absolute Gasteiger partial charge is 0.350 e. The van der Waals surface area contributed by atoms with E-state index < -0.39 is 5.69 Å². The zero-order valence-electron chi connectivity index (χ0n) is 17.6. The van der Waals surface area contributed by atoms with Gasteiger partial charge in [0.25, 0.3) is 5.91 Å². The number of methoxy groups -OCH3 is 1. The molecule has 0 unspecified atom stereocenters. The maximum absolute atomic E-state index is 12.7. The van der Waals surface area contributed by atoms with Crippen molar-refractivity contribution in [1.29, 1.82) is 0 Å². The van der Waals surface area contributed by atoms with Crippen LogP contribution in [-0.4, -0.2) is 33.1 Å². The highest BCUT2D eigenvalue weighted by Crippen LogP contribution is 2.16. The lowest BCUT2D eigenvalue weighted by atomic mass is 10.2. The van der Waals surface area contributed by atoms with E-state index >= 15 is 0 Å². The standard InChI is InChI=1S/C23H20ClN5O4/c1-33-19-9-7-18(8-10-19)26-22(31)16-4-11-20-27-29(23(32)28(20)13-16)14-21(30)25-12-15-2-5-17(24)6-3-15/h2-11,13H,12,14H2,1H3,(H,25,30)(H,26,31). The van der Waals surface area contributed by atoms with Crippen LogP contribution >= 0.6 is 11.6 Å². The number of nitrogens with zero attached hydrogens (tertiary/aromatic N) is 3. The van der Waals surface area contributed by atoms with Crippen LogP contribution in [0.1, 0.15) is 15.9 Å². The molecule has 4 aromatic rings. The molecule has 33 heavy (non-hydrogen) atoms. The van der Waals surface area contributed by atoms with Crippen molar-refractivity contribution >= 4 is 34.7 Å². The Kier molecular flexibility index (Phi) is 6.41. The van der Waals surface area contributed by atoms with Crippen molar-refractivity contribution in [3.8, 4) is 5.75 Å². The molecule has 168 valence electrons. The van der Waals surface area contributed by atoms with Gasteiger partial charge in [0.1, 0.15) is 12.3 Å². The van der Waals surface area contributed by atoms with Gasteiger partial charge >= 0.3 is 5.69 Å². The fourth-order valence-electron chi connectivity index (χ4n) is 3.13. The van der Waals surface area contributed by atoms with E-state index in [2.05, 4.69) is 15.7 Å². The molecule has 0 fully saturated rings. The molecule has 0 aliphatic carbocycles. The number of hydrogen-bond donors (Lipinski definition) is 2. The monoisotopic (exact) mass is 465 g/mol. The number of amides is 2. The lowest BCUT2D eigenvalue weighted by molar-refractivity contribution is -0.122. The van der Waals surface area contributed by atoms with E-state index in [4.69, 9.17) is 16.3 Å². The Labute approximate surface area is 193 Å². The number of fused-ring (bicyclic) bond motifs is 1. The first-order valence-electron chi connectivity index (χ1n) is 9.99. The second kappa shape index (κ2) is 9.58. The molecular formula is C23H20ClN5O4. The molecule has 2 aromatic carbocycles. The van der Waals surface area contributed by atoms with Crippen LogP contribution in [0.3, 0.4) is 0 Å². The maximum atomic E-state index is 12.7. The molecule has 2 heterocycles. The average molecular weight is 466 g/mol. The number of hydrogen-bond acceptors (Lipinski definition) is 5. The van der Waals surface area contributed by atoms with Gasteiger partial charge in [-0.3, -0.25) is 9.59 Å². The highest BCUT2D eigenvalue weighted by molar-refractivity contribution is 6.30. The van der Waals surface area contributed by atoms with Crippen LogP contribution in [0, 0.1) is 0 Å². The van der Waals surface area contributed by atoms with Crippen molar-refractivity contribution in [2.24, 2.45) is 0 Å². The molecule has 2 aromatic heterocycles. The van der Waals surface area contributed by atoms with Gasteiger partial charge in [0.05, 0.1) is 12.7 Å². The number of aromatic nitrogens is 3. The third-order valence-electron chi connectivity index (χ3n) is 4.88. The SMILES string of the molecule is COc1ccc(NC(=O)c2ccc3nn(CC(=O)NCc4ccc(Cl)cc4)c(=O)n3c2)cc1. The number of benzene rings is 2. The summed E-state index contributed by atoms with van der Waals surface area (Å²) in [5, 5.41) is 10.3. The normalized spacial score (nSPS) is 10.7. The molecule has 0 saturated carbocycles. The predicted octanol–water partition coefficient (Wildman–Crippen LogP) is 2.73. The number of nitrogens with one attached hydrogen (secondary N) is 2. The van der Waals surface area contributed by atoms with Crippen LogP contribution in [0.2, 0.25) is 5.02 Å². The molecule has 9 nitrogen and oxygen atoms in total. The van der Waals surface area contributed by atoms with Gasteiger partial charge in [-0.05, 0) is 54.1 Å². The van der Waals surface area contributed by atoms with Gasteiger partial charge < -0.3 is 15.4 Å². The van der Waals surface area contributed by atoms with Crippen LogP contribution in [0.4, 0.5) is 5.69 Å². The van der Waals surface area contributed by atoms with Gasteiger partial charge in [-0.1, -0.05) is 23.7 Å². The fourth-order valence-corrected chi connectivity index (χ4v) is 3.25. The Balaban J connectivity index is 1.44. The molecule has 0 radical (unpaired) electrons. The van der Waals surface area contributed by atoms with Crippen molar-refractivity contribution < 1.29 is 14.3 Å². The van der Waals surface area contributed by atoms with E-state index in [0.717, 1.165) is 10.2 Å². The molecule has 2 amide bonds. The molecule has 0 atom stereocenters. The third kappa shape index (κ3) is 5.21. The minimum atomic E-state index is -0.522. The van der Waals surface area contributed by atoms with Gasteiger partial charge in [0, 0.05) is 23.5 Å². The summed E-state index contributed by atoms with van der Waals surface area (Å²) in [6.07, 6.45) is 1.39. The van der Waals surface area contributed by atoms with Crippen molar-refractivity contribution in [1.82, 2.24) is 19.5 Å². The number of anilines is 1. The van der Waals surface area contributed by atoms with Crippen LogP contribution < -0.4 is 21.1 Å². The number of halogens is 1. The summed E-state index contributed by atoms with van der Waals surface area (Å²) in [5.41, 5.74) is 1.54. The fraction of sp³-hybridized carbons (Fsp3) is 0.130. The Morgan fingerprint density at radius 3 is 2.45 bits per heavy atom. The first kappa shape index (κ1) is 22.1. The van der Waals surface area contributed by atoms with Gasteiger partial charge in [0.2, 0.25) is 5.91 Å². The van der Waals surface area contributed by atoms with Crippen molar-refractivity contribution in [3.05, 3.63) is 93.5 Å². The van der Waals surface area contributed by atoms with E-state index in [9.17, 15) is 14.4 Å². The van der Waals surface area contributed by atoms with Crippen molar-refractivity contribution in [3.63, 3.8) is 0 Å². The molecule has 2 N–H and O–H groups in total. The van der Waals surface area contributed by atoms with E-state index in [1.807, 2.05) is 0 Å². The Bertz CT molecular complexity index is 1360. The first-order valence-corrected chi connectivity index (χ1v) is 10.4. The summed E-state index contributed by atoms with van der Waals surface area (Å²) in [6.45, 7) is 0.0509. The second-order valence-electron chi connectivity index (χ2n) is 7.17. The van der Waals surface area contributed by atoms with E-state index in [1.54, 1.807) is 67.8 Å². The van der Waals surface area contributed by atoms with Crippen molar-refractivity contribution in [2.45, 2.75) is 13.1 Å². The summed E-state index contributed by atoms with van der Waals surface area (Å²) in [4.78, 5) is 37.6. The Hall–Kier alpha value is -4.11. The van der Waals surface area contributed by atoms with Crippen LogP contribution in [0.15, 0.2) is 71.7 Å². The largest absolute Gasteiger partial charge is 0.497 e. The molecule has 4 rings (SSSR count). The van der Waals surface area contributed by atoms with Crippen molar-refractivity contribution in [2.75, 3.05) is 12.4 Å². The minimum Gasteiger partial charge on any atom is -0.497 e. The summed E-state index contributed by atoms with van der Waals surface area (Å²) in [7, 11) is 1.56. The minimum absolute atomic E-state index is 0.249. The number of carbonyl (C=O) groups excluding carboxylic acids is 2. The third-order valence-corrected chi connectivity index (χ3v) is 5.14. The molecule has 0 bridgehead atoms. The highest BCUT2D eigenvalue weighted by atomic mass is 35.5. The Morgan fingerprint density at radius 2 is 1.76 bits per heavy atom. The van der Waals surface area contributed by atoms with E-state index in [1.165, 1.54) is 10.6 Å². The quantitative estimate of drug-likeness (QED) is 0.436. The van der Waals surface area contributed by atoms with Crippen LogP contribution in [0.25, 0.3) is 5.65 Å². The average Bonchev–Trinajstić information content (AvgIpc) is 3.13. The molecule has 0 saturated heterocycles. The summed E-state index contributed by atoms with van der Waals surface area (Å²) in [5.74, 6) is -0.0825. The highest BCUT2D eigenvalue weighted by Gasteiger charge is 2.14. The summed E-state index contributed by atoms with van der Waals surface area (Å²) in [6, 6.07) is 17.1. The molecule has 0 aliphatic rings. The van der Waals surface area contributed by atoms with E-state index in [0.29, 0.717) is 28.7 Å². The molecule has 10 heteroatoms. The zero-order chi connectivity index (χ0) is 23.4. The summed E-state index contributed by atoms with van der Waals surface area (Å²) >= 11 is 5.85. The topological polar surface area (TPSA) is 107 Å². The van der Waals surface area contributed by atoms with Gasteiger partial charge in [-0.15, -0.1) is 5.10 Å². The zero-order valence-corrected chi connectivity index (χ0v) is 18.4. The number of pyridine rings is 1. The lowest BCUT2D eigenvalue weighted by Gasteiger charge is -2.06. The number of ether oxygens (including phenoxy) is 1. The number of rotatable bonds is 7. The molecule has 0 spiro atoms. The second-order valence-corrected chi connectivity index (χ2v) is 7.61. The predicted molar refractivity (Wildman–Crippen MR) is 124 cm³/mol. The lowest BCUT2D eigenvalue weighted by Crippen LogP contribution is -2.32. The maximum Gasteiger partial charge on any atom is 0.350 e. The van der Waals surface area contributed by atoms with Crippen LogP contribution in [0.5, 0.6) is 5.75 Å². The van der Waals surface area contributed by atoms with Crippen LogP contribution in [-0.2, 0) is 17.9 Å². The molecule has 0 aliphatic heterocycles. The van der Waals surface area contributed by atoms with Gasteiger partial charge in [0.15, 0.2) is 5.65 Å². The first-order chi connectivity index (χ1) is 15.9. The summed E-state index contributed by atoms with van der Waals surface area (Å²) < 4.78 is 7.38. The Morgan fingerprint density at radius 1 is 1.03 bits per heavy atom. The molecular weight excluding hydrogens is 446 g/mol. The van der Waals surface area contributed by atoms with Gasteiger partial charge in [-0.2, -0.15) is 0 Å². The van der Waals surface area contributed by atoms with Gasteiger partial charge in [-0.25, -0.2) is 13.9 Å². The number of carbonyl (C=O) groups is 2. The van der Waals surface area contributed by atoms with E-state index in [-0.39, 0.29) is 23.9 Å².